The molecule has 7 heteroatoms. The van der Waals surface area contributed by atoms with E-state index in [-0.39, 0.29) is 36.2 Å². The third-order valence-electron chi connectivity index (χ3n) is 5.20. The highest BCUT2D eigenvalue weighted by Gasteiger charge is 2.40. The molecule has 1 atom stereocenters. The summed E-state index contributed by atoms with van der Waals surface area (Å²) in [6.07, 6.45) is 0.114. The summed E-state index contributed by atoms with van der Waals surface area (Å²) in [5, 5.41) is -0.492. The van der Waals surface area contributed by atoms with E-state index in [0.29, 0.717) is 11.3 Å². The zero-order valence-electron chi connectivity index (χ0n) is 17.9. The van der Waals surface area contributed by atoms with Gasteiger partial charge in [0.1, 0.15) is 0 Å². The van der Waals surface area contributed by atoms with Gasteiger partial charge in [-0.05, 0) is 43.3 Å². The van der Waals surface area contributed by atoms with Crippen molar-refractivity contribution in [2.45, 2.75) is 23.5 Å². The third-order valence-corrected chi connectivity index (χ3v) is 6.39. The number of amides is 2. The molecule has 4 rings (SSSR count). The first-order valence-electron chi connectivity index (χ1n) is 10.4. The maximum absolute atomic E-state index is 12.9. The van der Waals surface area contributed by atoms with Gasteiger partial charge in [-0.3, -0.25) is 14.4 Å². The number of anilines is 1. The highest BCUT2D eigenvalue weighted by molar-refractivity contribution is 8.00. The van der Waals surface area contributed by atoms with E-state index >= 15 is 0 Å². The molecule has 0 bridgehead atoms. The van der Waals surface area contributed by atoms with E-state index in [1.807, 2.05) is 31.2 Å². The minimum Gasteiger partial charge on any atom is -0.454 e. The lowest BCUT2D eigenvalue weighted by atomic mass is 10.1. The lowest BCUT2D eigenvalue weighted by Crippen LogP contribution is -2.31. The van der Waals surface area contributed by atoms with Gasteiger partial charge in [-0.2, -0.15) is 0 Å². The lowest BCUT2D eigenvalue weighted by Gasteiger charge is -2.15. The standard InChI is InChI=1S/C26H21NO5S/c1-17-7-13-21(14-8-17)33-23-15-24(29)27(25(23)30)20-11-9-19(10-12-20)26(31)32-16-22(28)18-5-3-2-4-6-18/h2-14,23H,15-16H2,1H3. The van der Waals surface area contributed by atoms with Gasteiger partial charge in [0.15, 0.2) is 12.4 Å². The Morgan fingerprint density at radius 2 is 1.58 bits per heavy atom. The third kappa shape index (κ3) is 5.21. The van der Waals surface area contributed by atoms with E-state index < -0.39 is 11.2 Å². The normalized spacial score (nSPS) is 15.5. The molecule has 0 aliphatic carbocycles. The summed E-state index contributed by atoms with van der Waals surface area (Å²) < 4.78 is 5.10. The smallest absolute Gasteiger partial charge is 0.338 e. The molecule has 2 amide bonds. The van der Waals surface area contributed by atoms with Crippen LogP contribution in [-0.2, 0) is 14.3 Å². The molecule has 0 saturated carbocycles. The molecule has 166 valence electrons. The van der Waals surface area contributed by atoms with Crippen LogP contribution in [0.4, 0.5) is 5.69 Å². The van der Waals surface area contributed by atoms with Crippen molar-refractivity contribution in [3.8, 4) is 0 Å². The molecule has 33 heavy (non-hydrogen) atoms. The zero-order chi connectivity index (χ0) is 23.4. The number of hydrogen-bond acceptors (Lipinski definition) is 6. The van der Waals surface area contributed by atoms with Crippen LogP contribution in [0.15, 0.2) is 83.8 Å². The van der Waals surface area contributed by atoms with E-state index in [9.17, 15) is 19.2 Å². The number of ketones is 1. The predicted molar refractivity (Wildman–Crippen MR) is 125 cm³/mol. The van der Waals surface area contributed by atoms with Crippen LogP contribution in [0.25, 0.3) is 0 Å². The predicted octanol–water partition coefficient (Wildman–Crippen LogP) is 4.46. The number of carbonyl (C=O) groups excluding carboxylic acids is 4. The molecule has 1 aliphatic heterocycles. The van der Waals surface area contributed by atoms with Crippen molar-refractivity contribution in [2.24, 2.45) is 0 Å². The number of ether oxygens (including phenoxy) is 1. The Labute approximate surface area is 195 Å². The van der Waals surface area contributed by atoms with Gasteiger partial charge in [0.25, 0.3) is 0 Å². The van der Waals surface area contributed by atoms with Crippen LogP contribution < -0.4 is 4.90 Å². The number of carbonyl (C=O) groups is 4. The number of thioether (sulfide) groups is 1. The first-order valence-corrected chi connectivity index (χ1v) is 11.3. The van der Waals surface area contributed by atoms with Crippen LogP contribution in [0.5, 0.6) is 0 Å². The van der Waals surface area contributed by atoms with E-state index in [4.69, 9.17) is 4.74 Å². The minimum atomic E-state index is -0.655. The van der Waals surface area contributed by atoms with Crippen LogP contribution in [0.3, 0.4) is 0 Å². The molecular formula is C26H21NO5S. The Kier molecular flexibility index (Phi) is 6.70. The SMILES string of the molecule is Cc1ccc(SC2CC(=O)N(c3ccc(C(=O)OCC(=O)c4ccccc4)cc3)C2=O)cc1. The summed E-state index contributed by atoms with van der Waals surface area (Å²) in [7, 11) is 0. The quantitative estimate of drug-likeness (QED) is 0.295. The maximum Gasteiger partial charge on any atom is 0.338 e. The van der Waals surface area contributed by atoms with Gasteiger partial charge in [0.05, 0.1) is 16.5 Å². The highest BCUT2D eigenvalue weighted by Crippen LogP contribution is 2.34. The molecule has 0 radical (unpaired) electrons. The fourth-order valence-electron chi connectivity index (χ4n) is 3.42. The average molecular weight is 460 g/mol. The molecule has 0 N–H and O–H groups in total. The summed E-state index contributed by atoms with van der Waals surface area (Å²) in [6.45, 7) is 1.62. The van der Waals surface area contributed by atoms with Gasteiger partial charge in [-0.1, -0.05) is 48.0 Å². The summed E-state index contributed by atoms with van der Waals surface area (Å²) in [4.78, 5) is 51.9. The molecule has 1 saturated heterocycles. The van der Waals surface area contributed by atoms with Gasteiger partial charge >= 0.3 is 5.97 Å². The zero-order valence-corrected chi connectivity index (χ0v) is 18.7. The lowest BCUT2D eigenvalue weighted by molar-refractivity contribution is -0.121. The van der Waals surface area contributed by atoms with Gasteiger partial charge < -0.3 is 4.74 Å². The Morgan fingerprint density at radius 1 is 0.909 bits per heavy atom. The van der Waals surface area contributed by atoms with Crippen LogP contribution >= 0.6 is 11.8 Å². The number of benzene rings is 3. The Hall–Kier alpha value is -3.71. The number of esters is 1. The number of Topliss-reactive ketones (excluding diaryl/α,β-unsaturated/α-hetero) is 1. The Morgan fingerprint density at radius 3 is 2.24 bits per heavy atom. The Balaban J connectivity index is 1.38. The van der Waals surface area contributed by atoms with E-state index in [2.05, 4.69) is 0 Å². The monoisotopic (exact) mass is 459 g/mol. The number of nitrogens with zero attached hydrogens (tertiary/aromatic N) is 1. The van der Waals surface area contributed by atoms with Crippen molar-refractivity contribution in [3.63, 3.8) is 0 Å². The number of rotatable bonds is 7. The molecular weight excluding hydrogens is 438 g/mol. The molecule has 3 aromatic carbocycles. The second kappa shape index (κ2) is 9.83. The summed E-state index contributed by atoms with van der Waals surface area (Å²) in [6, 6.07) is 22.4. The van der Waals surface area contributed by atoms with Crippen molar-refractivity contribution >= 4 is 41.0 Å². The molecule has 0 spiro atoms. The van der Waals surface area contributed by atoms with Crippen molar-refractivity contribution in [2.75, 3.05) is 11.5 Å². The number of hydrogen-bond donors (Lipinski definition) is 0. The van der Waals surface area contributed by atoms with Crippen LogP contribution in [0.1, 0.15) is 32.7 Å². The molecule has 1 aliphatic rings. The molecule has 3 aromatic rings. The fraction of sp³-hybridized carbons (Fsp3) is 0.154. The highest BCUT2D eigenvalue weighted by atomic mass is 32.2. The molecule has 6 nitrogen and oxygen atoms in total. The van der Waals surface area contributed by atoms with E-state index in [0.717, 1.165) is 15.4 Å². The molecule has 1 fully saturated rings. The van der Waals surface area contributed by atoms with E-state index in [1.165, 1.54) is 36.0 Å². The molecule has 1 heterocycles. The topological polar surface area (TPSA) is 80.8 Å². The van der Waals surface area contributed by atoms with Crippen LogP contribution in [0.2, 0.25) is 0 Å². The average Bonchev–Trinajstić information content (AvgIpc) is 3.12. The van der Waals surface area contributed by atoms with Gasteiger partial charge in [0.2, 0.25) is 11.8 Å². The van der Waals surface area contributed by atoms with Crippen molar-refractivity contribution in [1.82, 2.24) is 0 Å². The second-order valence-electron chi connectivity index (χ2n) is 7.60. The van der Waals surface area contributed by atoms with Crippen LogP contribution in [0, 0.1) is 6.92 Å². The van der Waals surface area contributed by atoms with Crippen molar-refractivity contribution in [1.29, 1.82) is 0 Å². The van der Waals surface area contributed by atoms with Crippen molar-refractivity contribution in [3.05, 3.63) is 95.6 Å². The molecule has 1 unspecified atom stereocenters. The summed E-state index contributed by atoms with van der Waals surface area (Å²) in [5.41, 5.74) is 2.21. The fourth-order valence-corrected chi connectivity index (χ4v) is 4.47. The maximum atomic E-state index is 12.9. The molecule has 0 aromatic heterocycles. The minimum absolute atomic E-state index is 0.114. The first-order chi connectivity index (χ1) is 15.9. The first kappa shape index (κ1) is 22.5. The van der Waals surface area contributed by atoms with Gasteiger partial charge in [0, 0.05) is 16.9 Å². The van der Waals surface area contributed by atoms with Crippen molar-refractivity contribution < 1.29 is 23.9 Å². The largest absolute Gasteiger partial charge is 0.454 e. The number of imide groups is 1. The van der Waals surface area contributed by atoms with Gasteiger partial charge in [-0.25, -0.2) is 9.69 Å². The Bertz CT molecular complexity index is 1190. The van der Waals surface area contributed by atoms with Gasteiger partial charge in [-0.15, -0.1) is 11.8 Å². The number of aryl methyl sites for hydroxylation is 1. The summed E-state index contributed by atoms with van der Waals surface area (Å²) in [5.74, 6) is -1.52. The van der Waals surface area contributed by atoms with Crippen LogP contribution in [-0.4, -0.2) is 35.4 Å². The summed E-state index contributed by atoms with van der Waals surface area (Å²) >= 11 is 1.37. The second-order valence-corrected chi connectivity index (χ2v) is 8.88. The van der Waals surface area contributed by atoms with E-state index in [1.54, 1.807) is 30.3 Å².